The molecule has 0 saturated carbocycles. The van der Waals surface area contributed by atoms with Crippen molar-refractivity contribution in [3.8, 4) is 0 Å². The molecule has 2 N–H and O–H groups in total. The molecule has 2 unspecified atom stereocenters. The molecule has 0 aliphatic carbocycles. The Morgan fingerprint density at radius 2 is 2.00 bits per heavy atom. The van der Waals surface area contributed by atoms with E-state index < -0.39 is 0 Å². The molecule has 0 aromatic rings. The van der Waals surface area contributed by atoms with Gasteiger partial charge in [-0.05, 0) is 38.8 Å². The molecule has 3 nitrogen and oxygen atoms in total. The molecule has 2 saturated heterocycles. The molecule has 76 valence electrons. The lowest BCUT2D eigenvalue weighted by Crippen LogP contribution is -2.49. The van der Waals surface area contributed by atoms with Crippen molar-refractivity contribution in [1.82, 2.24) is 10.2 Å². The van der Waals surface area contributed by atoms with Crippen LogP contribution in [0.5, 0.6) is 0 Å². The van der Waals surface area contributed by atoms with Crippen molar-refractivity contribution in [2.75, 3.05) is 26.2 Å². The number of hydrogen-bond acceptors (Lipinski definition) is 3. The lowest BCUT2D eigenvalue weighted by Gasteiger charge is -2.34. The highest BCUT2D eigenvalue weighted by molar-refractivity contribution is 4.85. The molecule has 2 rings (SSSR count). The second-order valence-electron chi connectivity index (χ2n) is 4.26. The maximum absolute atomic E-state index is 8.97. The van der Waals surface area contributed by atoms with E-state index in [0.29, 0.717) is 12.6 Å². The Kier molecular flexibility index (Phi) is 3.19. The van der Waals surface area contributed by atoms with Crippen LogP contribution in [0.2, 0.25) is 0 Å². The predicted molar refractivity (Wildman–Crippen MR) is 52.7 cm³/mol. The number of hydrogen-bond donors (Lipinski definition) is 2. The summed E-state index contributed by atoms with van der Waals surface area (Å²) in [6.07, 6.45) is 5.15. The van der Waals surface area contributed by atoms with Gasteiger partial charge in [-0.2, -0.15) is 0 Å². The number of aliphatic hydroxyl groups excluding tert-OH is 1. The summed E-state index contributed by atoms with van der Waals surface area (Å²) in [6.45, 7) is 3.95. The fraction of sp³-hybridized carbons (Fsp3) is 1.00. The molecule has 2 heterocycles. The van der Waals surface area contributed by atoms with Gasteiger partial charge >= 0.3 is 0 Å². The molecular formula is C10H20N2O. The first kappa shape index (κ1) is 9.44. The molecule has 0 amide bonds. The van der Waals surface area contributed by atoms with E-state index in [1.165, 1.54) is 32.4 Å². The van der Waals surface area contributed by atoms with Crippen molar-refractivity contribution in [3.63, 3.8) is 0 Å². The van der Waals surface area contributed by atoms with Crippen molar-refractivity contribution in [1.29, 1.82) is 0 Å². The Balaban J connectivity index is 1.77. The summed E-state index contributed by atoms with van der Waals surface area (Å²) in [7, 11) is 0. The lowest BCUT2D eigenvalue weighted by atomic mass is 10.0. The zero-order chi connectivity index (χ0) is 9.10. The molecule has 3 heteroatoms. The average Bonchev–Trinajstić information content (AvgIpc) is 2.71. The van der Waals surface area contributed by atoms with Crippen molar-refractivity contribution in [3.05, 3.63) is 0 Å². The smallest absolute Gasteiger partial charge is 0.0584 e. The van der Waals surface area contributed by atoms with Crippen molar-refractivity contribution in [2.45, 2.75) is 37.8 Å². The SMILES string of the molecule is OCC1CCC(N2CCCC2)CN1. The molecule has 0 radical (unpaired) electrons. The third-order valence-electron chi connectivity index (χ3n) is 3.37. The number of rotatable bonds is 2. The minimum absolute atomic E-state index is 0.298. The van der Waals surface area contributed by atoms with Gasteiger partial charge < -0.3 is 10.4 Å². The molecule has 2 atom stereocenters. The molecule has 2 fully saturated rings. The van der Waals surface area contributed by atoms with E-state index in [1.807, 2.05) is 0 Å². The summed E-state index contributed by atoms with van der Waals surface area (Å²) in [5, 5.41) is 12.4. The van der Waals surface area contributed by atoms with E-state index >= 15 is 0 Å². The molecule has 0 aromatic carbocycles. The van der Waals surface area contributed by atoms with Crippen LogP contribution in [0.25, 0.3) is 0 Å². The van der Waals surface area contributed by atoms with E-state index in [4.69, 9.17) is 5.11 Å². The Bertz CT molecular complexity index is 149. The van der Waals surface area contributed by atoms with Gasteiger partial charge in [0.25, 0.3) is 0 Å². The van der Waals surface area contributed by atoms with Gasteiger partial charge in [0.1, 0.15) is 0 Å². The van der Waals surface area contributed by atoms with Crippen molar-refractivity contribution >= 4 is 0 Å². The van der Waals surface area contributed by atoms with E-state index in [0.717, 1.165) is 19.0 Å². The van der Waals surface area contributed by atoms with E-state index in [1.54, 1.807) is 0 Å². The summed E-state index contributed by atoms with van der Waals surface area (Å²) in [6, 6.07) is 1.10. The first-order chi connectivity index (χ1) is 6.40. The van der Waals surface area contributed by atoms with E-state index in [2.05, 4.69) is 10.2 Å². The van der Waals surface area contributed by atoms with Gasteiger partial charge in [0.2, 0.25) is 0 Å². The van der Waals surface area contributed by atoms with Crippen LogP contribution < -0.4 is 5.32 Å². The molecule has 0 spiro atoms. The zero-order valence-corrected chi connectivity index (χ0v) is 8.21. The summed E-state index contributed by atoms with van der Waals surface area (Å²) >= 11 is 0. The Morgan fingerprint density at radius 3 is 2.54 bits per heavy atom. The predicted octanol–water partition coefficient (Wildman–Crippen LogP) is 0.195. The molecule has 0 bridgehead atoms. The summed E-state index contributed by atoms with van der Waals surface area (Å²) < 4.78 is 0. The van der Waals surface area contributed by atoms with E-state index in [9.17, 15) is 0 Å². The van der Waals surface area contributed by atoms with Gasteiger partial charge in [-0.15, -0.1) is 0 Å². The third kappa shape index (κ3) is 2.22. The largest absolute Gasteiger partial charge is 0.395 e. The quantitative estimate of drug-likeness (QED) is 0.643. The van der Waals surface area contributed by atoms with Crippen LogP contribution in [-0.2, 0) is 0 Å². The highest BCUT2D eigenvalue weighted by Crippen LogP contribution is 2.18. The summed E-state index contributed by atoms with van der Waals surface area (Å²) in [4.78, 5) is 2.60. The Hall–Kier alpha value is -0.120. The van der Waals surface area contributed by atoms with Crippen LogP contribution in [0.1, 0.15) is 25.7 Å². The average molecular weight is 184 g/mol. The fourth-order valence-corrected chi connectivity index (χ4v) is 2.47. The monoisotopic (exact) mass is 184 g/mol. The maximum Gasteiger partial charge on any atom is 0.0584 e. The molecule has 0 aromatic heterocycles. The fourth-order valence-electron chi connectivity index (χ4n) is 2.47. The first-order valence-electron chi connectivity index (χ1n) is 5.48. The molecule has 2 aliphatic heterocycles. The van der Waals surface area contributed by atoms with Gasteiger partial charge in [0.05, 0.1) is 6.61 Å². The van der Waals surface area contributed by atoms with Crippen LogP contribution >= 0.6 is 0 Å². The van der Waals surface area contributed by atoms with E-state index in [-0.39, 0.29) is 0 Å². The maximum atomic E-state index is 8.97. The van der Waals surface area contributed by atoms with Gasteiger partial charge in [0, 0.05) is 18.6 Å². The van der Waals surface area contributed by atoms with Gasteiger partial charge in [-0.3, -0.25) is 4.90 Å². The molecule has 2 aliphatic rings. The molecular weight excluding hydrogens is 164 g/mol. The number of aliphatic hydroxyl groups is 1. The van der Waals surface area contributed by atoms with Crippen LogP contribution in [0.15, 0.2) is 0 Å². The highest BCUT2D eigenvalue weighted by atomic mass is 16.3. The minimum Gasteiger partial charge on any atom is -0.395 e. The number of nitrogens with zero attached hydrogens (tertiary/aromatic N) is 1. The van der Waals surface area contributed by atoms with Crippen molar-refractivity contribution in [2.24, 2.45) is 0 Å². The topological polar surface area (TPSA) is 35.5 Å². The van der Waals surface area contributed by atoms with Crippen LogP contribution in [0.3, 0.4) is 0 Å². The van der Waals surface area contributed by atoms with Crippen LogP contribution in [0, 0.1) is 0 Å². The normalized spacial score (nSPS) is 36.7. The zero-order valence-electron chi connectivity index (χ0n) is 8.21. The summed E-state index contributed by atoms with van der Waals surface area (Å²) in [5.41, 5.74) is 0. The lowest BCUT2D eigenvalue weighted by molar-refractivity contribution is 0.151. The number of piperidine rings is 1. The Morgan fingerprint density at radius 1 is 1.23 bits per heavy atom. The first-order valence-corrected chi connectivity index (χ1v) is 5.48. The highest BCUT2D eigenvalue weighted by Gasteiger charge is 2.26. The number of nitrogens with one attached hydrogen (secondary N) is 1. The van der Waals surface area contributed by atoms with Gasteiger partial charge in [-0.25, -0.2) is 0 Å². The van der Waals surface area contributed by atoms with Gasteiger partial charge in [0.15, 0.2) is 0 Å². The van der Waals surface area contributed by atoms with Gasteiger partial charge in [-0.1, -0.05) is 0 Å². The summed E-state index contributed by atoms with van der Waals surface area (Å²) in [5.74, 6) is 0. The minimum atomic E-state index is 0.298. The Labute approximate surface area is 80.1 Å². The van der Waals surface area contributed by atoms with Crippen LogP contribution in [-0.4, -0.2) is 48.3 Å². The molecule has 13 heavy (non-hydrogen) atoms. The number of likely N-dealkylation sites (tertiary alicyclic amines) is 1. The second kappa shape index (κ2) is 4.40. The van der Waals surface area contributed by atoms with Crippen molar-refractivity contribution < 1.29 is 5.11 Å². The third-order valence-corrected chi connectivity index (χ3v) is 3.37. The standard InChI is InChI=1S/C10H20N2O/c13-8-9-3-4-10(7-11-9)12-5-1-2-6-12/h9-11,13H,1-8H2. The van der Waals surface area contributed by atoms with Crippen LogP contribution in [0.4, 0.5) is 0 Å². The second-order valence-corrected chi connectivity index (χ2v) is 4.26.